The molecule has 1 fully saturated rings. The van der Waals surface area contributed by atoms with Crippen molar-refractivity contribution in [3.63, 3.8) is 0 Å². The number of nitrogens with one attached hydrogen (secondary N) is 1. The molecule has 21 heavy (non-hydrogen) atoms. The predicted molar refractivity (Wildman–Crippen MR) is 83.9 cm³/mol. The van der Waals surface area contributed by atoms with Gasteiger partial charge in [0, 0.05) is 18.0 Å². The number of rotatable bonds is 3. The summed E-state index contributed by atoms with van der Waals surface area (Å²) in [7, 11) is 0. The Bertz CT molecular complexity index is 721. The van der Waals surface area contributed by atoms with E-state index in [9.17, 15) is 4.79 Å². The smallest absolute Gasteiger partial charge is 0.236 e. The van der Waals surface area contributed by atoms with Crippen LogP contribution in [-0.2, 0) is 4.79 Å². The predicted octanol–water partition coefficient (Wildman–Crippen LogP) is 1.73. The van der Waals surface area contributed by atoms with Crippen LogP contribution in [0, 0.1) is 6.92 Å². The molecule has 1 amide bonds. The molecule has 1 aliphatic heterocycles. The first-order valence-corrected chi connectivity index (χ1v) is 7.35. The number of hydrogen-bond acceptors (Lipinski definition) is 5. The van der Waals surface area contributed by atoms with Crippen molar-refractivity contribution in [2.75, 3.05) is 5.75 Å². The van der Waals surface area contributed by atoms with E-state index in [1.54, 1.807) is 17.1 Å². The molecule has 3 rings (SSSR count). The highest BCUT2D eigenvalue weighted by Crippen LogP contribution is 2.14. The lowest BCUT2D eigenvalue weighted by Gasteiger charge is -2.06. The lowest BCUT2D eigenvalue weighted by atomic mass is 10.1. The fraction of sp³-hybridized carbons (Fsp3) is 0.143. The van der Waals surface area contributed by atoms with Gasteiger partial charge in [-0.05, 0) is 25.1 Å². The fourth-order valence-electron chi connectivity index (χ4n) is 1.92. The maximum absolute atomic E-state index is 11.1. The second-order valence-corrected chi connectivity index (χ2v) is 5.46. The van der Waals surface area contributed by atoms with Gasteiger partial charge in [0.2, 0.25) is 5.91 Å². The Morgan fingerprint density at radius 1 is 1.48 bits per heavy atom. The van der Waals surface area contributed by atoms with Crippen molar-refractivity contribution in [1.82, 2.24) is 15.1 Å². The zero-order valence-corrected chi connectivity index (χ0v) is 12.2. The summed E-state index contributed by atoms with van der Waals surface area (Å²) >= 11 is 1.35. The molecule has 106 valence electrons. The minimum atomic E-state index is -0.0401. The van der Waals surface area contributed by atoms with Crippen LogP contribution in [0.15, 0.2) is 46.9 Å². The number of thioether (sulfide) groups is 1. The van der Waals surface area contributed by atoms with Crippen molar-refractivity contribution in [3.8, 4) is 5.69 Å². The number of aryl methyl sites for hydroxylation is 1. The molecular formula is C14H13N5OS. The first kappa shape index (κ1) is 13.6. The van der Waals surface area contributed by atoms with E-state index in [1.165, 1.54) is 11.8 Å². The third-order valence-electron chi connectivity index (χ3n) is 2.87. The van der Waals surface area contributed by atoms with Gasteiger partial charge in [-0.25, -0.2) is 4.68 Å². The number of benzene rings is 1. The summed E-state index contributed by atoms with van der Waals surface area (Å²) in [6, 6.07) is 7.89. The third kappa shape index (κ3) is 3.19. The van der Waals surface area contributed by atoms with E-state index in [-0.39, 0.29) is 5.91 Å². The first-order valence-electron chi connectivity index (χ1n) is 6.37. The lowest BCUT2D eigenvalue weighted by Crippen LogP contribution is -2.19. The van der Waals surface area contributed by atoms with Crippen LogP contribution in [0.2, 0.25) is 0 Å². The van der Waals surface area contributed by atoms with E-state index in [4.69, 9.17) is 0 Å². The van der Waals surface area contributed by atoms with Gasteiger partial charge in [0.15, 0.2) is 5.17 Å². The number of hydrogen-bond donors (Lipinski definition) is 1. The van der Waals surface area contributed by atoms with Gasteiger partial charge < -0.3 is 5.32 Å². The number of carbonyl (C=O) groups is 1. The van der Waals surface area contributed by atoms with Crippen molar-refractivity contribution >= 4 is 29.1 Å². The van der Waals surface area contributed by atoms with E-state index in [2.05, 4.69) is 20.6 Å². The Labute approximate surface area is 126 Å². The summed E-state index contributed by atoms with van der Waals surface area (Å²) in [5, 5.41) is 15.5. The molecule has 0 unspecified atom stereocenters. The molecule has 0 aliphatic carbocycles. The molecule has 7 heteroatoms. The standard InChI is InChI=1S/C14H13N5OS/c1-10-3-4-12(19-6-2-5-16-19)11(7-10)8-15-18-14-17-13(20)9-21-14/h2-8H,9H2,1H3,(H,17,18,20). The van der Waals surface area contributed by atoms with E-state index in [0.717, 1.165) is 16.8 Å². The Kier molecular flexibility index (Phi) is 3.83. The van der Waals surface area contributed by atoms with E-state index in [0.29, 0.717) is 10.9 Å². The SMILES string of the molecule is Cc1ccc(-n2cccn2)c(C=NN=C2NC(=O)CS2)c1. The third-order valence-corrected chi connectivity index (χ3v) is 3.73. The van der Waals surface area contributed by atoms with Crippen LogP contribution in [0.1, 0.15) is 11.1 Å². The van der Waals surface area contributed by atoms with Crippen molar-refractivity contribution in [3.05, 3.63) is 47.8 Å². The Morgan fingerprint density at radius 3 is 3.10 bits per heavy atom. The molecule has 1 aliphatic rings. The summed E-state index contributed by atoms with van der Waals surface area (Å²) in [5.41, 5.74) is 2.97. The van der Waals surface area contributed by atoms with Gasteiger partial charge in [-0.15, -0.1) is 5.10 Å². The summed E-state index contributed by atoms with van der Waals surface area (Å²) in [6.07, 6.45) is 5.27. The van der Waals surface area contributed by atoms with E-state index < -0.39 is 0 Å². The molecule has 0 saturated carbocycles. The van der Waals surface area contributed by atoms with Crippen LogP contribution < -0.4 is 5.32 Å². The molecule has 6 nitrogen and oxygen atoms in total. The molecule has 0 atom stereocenters. The minimum absolute atomic E-state index is 0.0401. The maximum atomic E-state index is 11.1. The molecule has 2 aromatic rings. The first-order chi connectivity index (χ1) is 10.2. The normalized spacial score (nSPS) is 16.8. The van der Waals surface area contributed by atoms with Gasteiger partial charge >= 0.3 is 0 Å². The van der Waals surface area contributed by atoms with Crippen molar-refractivity contribution in [2.45, 2.75) is 6.92 Å². The van der Waals surface area contributed by atoms with Crippen LogP contribution in [0.25, 0.3) is 5.69 Å². The monoisotopic (exact) mass is 299 g/mol. The number of amides is 1. The van der Waals surface area contributed by atoms with Gasteiger partial charge in [0.25, 0.3) is 0 Å². The highest BCUT2D eigenvalue weighted by molar-refractivity contribution is 8.15. The van der Waals surface area contributed by atoms with Gasteiger partial charge in [-0.3, -0.25) is 4.79 Å². The number of nitrogens with zero attached hydrogens (tertiary/aromatic N) is 4. The fourth-order valence-corrected chi connectivity index (χ4v) is 2.55. The van der Waals surface area contributed by atoms with Crippen molar-refractivity contribution < 1.29 is 4.79 Å². The molecule has 1 aromatic carbocycles. The average Bonchev–Trinajstić information content (AvgIpc) is 3.11. The van der Waals surface area contributed by atoms with Crippen LogP contribution in [0.3, 0.4) is 0 Å². The highest BCUT2D eigenvalue weighted by atomic mass is 32.2. The average molecular weight is 299 g/mol. The van der Waals surface area contributed by atoms with Crippen molar-refractivity contribution in [2.24, 2.45) is 10.2 Å². The van der Waals surface area contributed by atoms with Crippen LogP contribution in [0.4, 0.5) is 0 Å². The summed E-state index contributed by atoms with van der Waals surface area (Å²) in [4.78, 5) is 11.1. The summed E-state index contributed by atoms with van der Waals surface area (Å²) < 4.78 is 1.78. The minimum Gasteiger partial charge on any atom is -0.303 e. The molecule has 2 heterocycles. The molecule has 1 aromatic heterocycles. The molecule has 0 bridgehead atoms. The van der Waals surface area contributed by atoms with Gasteiger partial charge in [-0.2, -0.15) is 10.2 Å². The Balaban J connectivity index is 1.88. The lowest BCUT2D eigenvalue weighted by molar-refractivity contribution is -0.116. The van der Waals surface area contributed by atoms with Gasteiger partial charge in [0.05, 0.1) is 17.7 Å². The largest absolute Gasteiger partial charge is 0.303 e. The van der Waals surface area contributed by atoms with Gasteiger partial charge in [0.1, 0.15) is 0 Å². The number of amidine groups is 1. The van der Waals surface area contributed by atoms with Crippen LogP contribution >= 0.6 is 11.8 Å². The Morgan fingerprint density at radius 2 is 2.38 bits per heavy atom. The van der Waals surface area contributed by atoms with Crippen LogP contribution in [0.5, 0.6) is 0 Å². The van der Waals surface area contributed by atoms with Crippen molar-refractivity contribution in [1.29, 1.82) is 0 Å². The number of aromatic nitrogens is 2. The quantitative estimate of drug-likeness (QED) is 0.693. The van der Waals surface area contributed by atoms with Crippen LogP contribution in [-0.4, -0.2) is 32.8 Å². The molecule has 1 N–H and O–H groups in total. The molecule has 0 radical (unpaired) electrons. The summed E-state index contributed by atoms with van der Waals surface area (Å²) in [5.74, 6) is 0.360. The zero-order valence-electron chi connectivity index (χ0n) is 11.4. The summed E-state index contributed by atoms with van der Waals surface area (Å²) in [6.45, 7) is 2.02. The molecule has 0 spiro atoms. The van der Waals surface area contributed by atoms with E-state index in [1.807, 2.05) is 37.4 Å². The molecular weight excluding hydrogens is 286 g/mol. The molecule has 1 saturated heterocycles. The Hall–Kier alpha value is -2.41. The van der Waals surface area contributed by atoms with Gasteiger partial charge in [-0.1, -0.05) is 23.4 Å². The maximum Gasteiger partial charge on any atom is 0.236 e. The highest BCUT2D eigenvalue weighted by Gasteiger charge is 2.15. The zero-order chi connectivity index (χ0) is 14.7. The number of carbonyl (C=O) groups excluding carboxylic acids is 1. The van der Waals surface area contributed by atoms with E-state index >= 15 is 0 Å². The topological polar surface area (TPSA) is 71.6 Å². The second kappa shape index (κ2) is 5.92. The second-order valence-electron chi connectivity index (χ2n) is 4.50.